The number of nitrogens with zero attached hydrogens (tertiary/aromatic N) is 2. The van der Waals surface area contributed by atoms with Gasteiger partial charge in [0.25, 0.3) is 5.56 Å². The van der Waals surface area contributed by atoms with Crippen LogP contribution in [0.1, 0.15) is 44.4 Å². The summed E-state index contributed by atoms with van der Waals surface area (Å²) >= 11 is 3.02. The van der Waals surface area contributed by atoms with E-state index in [1.165, 1.54) is 34.6 Å². The minimum absolute atomic E-state index is 0.0773. The summed E-state index contributed by atoms with van der Waals surface area (Å²) in [6.07, 6.45) is 3.60. The molecule has 4 aromatic rings. The summed E-state index contributed by atoms with van der Waals surface area (Å²) in [6.45, 7) is 0. The Morgan fingerprint density at radius 2 is 1.88 bits per heavy atom. The predicted molar refractivity (Wildman–Crippen MR) is 128 cm³/mol. The van der Waals surface area contributed by atoms with Crippen molar-refractivity contribution in [2.75, 3.05) is 0 Å². The van der Waals surface area contributed by atoms with Gasteiger partial charge in [-0.25, -0.2) is 4.99 Å². The Morgan fingerprint density at radius 1 is 1.06 bits per heavy atom. The molecule has 1 atom stereocenters. The van der Waals surface area contributed by atoms with Crippen LogP contribution in [-0.2, 0) is 6.42 Å². The number of fused-ring (bicyclic) bond motifs is 3. The quantitative estimate of drug-likeness (QED) is 0.463. The van der Waals surface area contributed by atoms with Crippen LogP contribution in [0.2, 0.25) is 0 Å². The van der Waals surface area contributed by atoms with E-state index < -0.39 is 5.97 Å². The number of aromatic carboxylic acids is 1. The molecule has 5 nitrogen and oxygen atoms in total. The standard InChI is InChI=1S/C26H18N2O3S2/c29-24-21(14-15-7-9-17(10-8-15)25(30)31)33-26-27-22-18-5-2-1-4-16(18)11-12-19(22)23(28(24)26)20-6-3-13-32-20/h1-10,13-14,23H,11-12H2,(H,30,31)/p-1/b21-14-/t23-/m1/s1. The molecule has 2 aromatic carbocycles. The van der Waals surface area contributed by atoms with Crippen molar-refractivity contribution >= 4 is 40.4 Å². The molecule has 3 heterocycles. The normalized spacial score (nSPS) is 17.2. The molecule has 0 bridgehead atoms. The monoisotopic (exact) mass is 469 g/mol. The van der Waals surface area contributed by atoms with E-state index in [2.05, 4.69) is 24.3 Å². The summed E-state index contributed by atoms with van der Waals surface area (Å²) in [6, 6.07) is 18.7. The van der Waals surface area contributed by atoms with Crippen LogP contribution in [0.5, 0.6) is 0 Å². The van der Waals surface area contributed by atoms with Gasteiger partial charge in [-0.1, -0.05) is 65.9 Å². The largest absolute Gasteiger partial charge is 0.545 e. The van der Waals surface area contributed by atoms with Crippen LogP contribution in [0.3, 0.4) is 0 Å². The van der Waals surface area contributed by atoms with Crippen molar-refractivity contribution in [3.63, 3.8) is 0 Å². The number of aryl methyl sites for hydroxylation is 1. The van der Waals surface area contributed by atoms with Gasteiger partial charge in [0.15, 0.2) is 4.80 Å². The molecule has 1 aliphatic carbocycles. The first-order chi connectivity index (χ1) is 16.1. The highest BCUT2D eigenvalue weighted by atomic mass is 32.1. The molecule has 0 spiro atoms. The van der Waals surface area contributed by atoms with E-state index in [0.29, 0.717) is 9.33 Å². The maximum Gasteiger partial charge on any atom is 0.271 e. The number of thiophene rings is 1. The lowest BCUT2D eigenvalue weighted by Gasteiger charge is -2.30. The Kier molecular flexibility index (Phi) is 4.74. The molecule has 0 saturated carbocycles. The fourth-order valence-electron chi connectivity index (χ4n) is 4.58. The molecule has 1 aliphatic heterocycles. The second kappa shape index (κ2) is 7.79. The molecule has 6 rings (SSSR count). The molecule has 2 aromatic heterocycles. The lowest BCUT2D eigenvalue weighted by atomic mass is 9.85. The minimum atomic E-state index is -1.22. The number of carboxylic acids is 1. The van der Waals surface area contributed by atoms with Gasteiger partial charge >= 0.3 is 0 Å². The lowest BCUT2D eigenvalue weighted by Crippen LogP contribution is -2.38. The van der Waals surface area contributed by atoms with Gasteiger partial charge in [0.1, 0.15) is 0 Å². The number of rotatable bonds is 3. The molecule has 0 unspecified atom stereocenters. The van der Waals surface area contributed by atoms with Gasteiger partial charge in [-0.05, 0) is 52.6 Å². The third kappa shape index (κ3) is 3.32. The summed E-state index contributed by atoms with van der Waals surface area (Å²) in [5.74, 6) is -1.22. The lowest BCUT2D eigenvalue weighted by molar-refractivity contribution is -0.255. The average molecular weight is 470 g/mol. The van der Waals surface area contributed by atoms with Crippen molar-refractivity contribution in [1.82, 2.24) is 4.57 Å². The van der Waals surface area contributed by atoms with Gasteiger partial charge in [-0.3, -0.25) is 9.36 Å². The van der Waals surface area contributed by atoms with Crippen LogP contribution in [0.15, 0.2) is 81.4 Å². The van der Waals surface area contributed by atoms with Crippen molar-refractivity contribution in [3.05, 3.63) is 118 Å². The second-order valence-electron chi connectivity index (χ2n) is 8.04. The number of carbonyl (C=O) groups is 1. The molecule has 7 heteroatoms. The van der Waals surface area contributed by atoms with Gasteiger partial charge in [0.05, 0.1) is 22.2 Å². The summed E-state index contributed by atoms with van der Waals surface area (Å²) in [7, 11) is 0. The Morgan fingerprint density at radius 3 is 2.64 bits per heavy atom. The number of hydrogen-bond donors (Lipinski definition) is 0. The van der Waals surface area contributed by atoms with Crippen molar-refractivity contribution in [1.29, 1.82) is 0 Å². The molecule has 2 aliphatic rings. The Labute approximate surface area is 196 Å². The number of carboxylic acid groups (broad SMARTS) is 1. The minimum Gasteiger partial charge on any atom is -0.545 e. The van der Waals surface area contributed by atoms with E-state index in [4.69, 9.17) is 4.99 Å². The SMILES string of the molecule is O=C([O-])c1ccc(/C=c2\sc3n(c2=O)[C@@H](c2cccs2)C2=C(N=3)c3ccccc3CC2)cc1. The zero-order valence-corrected chi connectivity index (χ0v) is 19.0. The number of thiazole rings is 1. The van der Waals surface area contributed by atoms with E-state index in [1.54, 1.807) is 29.5 Å². The molecule has 0 radical (unpaired) electrons. The number of allylic oxidation sites excluding steroid dienone is 1. The van der Waals surface area contributed by atoms with E-state index >= 15 is 0 Å². The van der Waals surface area contributed by atoms with Crippen LogP contribution in [0.4, 0.5) is 0 Å². The van der Waals surface area contributed by atoms with Crippen molar-refractivity contribution in [3.8, 4) is 0 Å². The van der Waals surface area contributed by atoms with Crippen LogP contribution >= 0.6 is 22.7 Å². The molecule has 33 heavy (non-hydrogen) atoms. The summed E-state index contributed by atoms with van der Waals surface area (Å²) in [5, 5.41) is 13.1. The maximum absolute atomic E-state index is 13.6. The number of carbonyl (C=O) groups excluding carboxylic acids is 1. The molecule has 0 amide bonds. The highest BCUT2D eigenvalue weighted by molar-refractivity contribution is 7.10. The van der Waals surface area contributed by atoms with Crippen LogP contribution in [0.25, 0.3) is 11.8 Å². The van der Waals surface area contributed by atoms with Gasteiger partial charge in [-0.15, -0.1) is 11.3 Å². The smallest absolute Gasteiger partial charge is 0.271 e. The Hall–Kier alpha value is -3.55. The fourth-order valence-corrected chi connectivity index (χ4v) is 6.43. The van der Waals surface area contributed by atoms with Crippen molar-refractivity contribution in [2.45, 2.75) is 18.9 Å². The Balaban J connectivity index is 1.57. The first-order valence-electron chi connectivity index (χ1n) is 10.6. The van der Waals surface area contributed by atoms with Crippen LogP contribution in [-0.4, -0.2) is 10.5 Å². The summed E-state index contributed by atoms with van der Waals surface area (Å²) in [4.78, 5) is 31.4. The van der Waals surface area contributed by atoms with E-state index in [1.807, 2.05) is 22.1 Å². The van der Waals surface area contributed by atoms with Crippen LogP contribution < -0.4 is 20.0 Å². The van der Waals surface area contributed by atoms with Crippen molar-refractivity contribution < 1.29 is 9.90 Å². The van der Waals surface area contributed by atoms with Gasteiger partial charge in [0, 0.05) is 10.4 Å². The topological polar surface area (TPSA) is 74.5 Å². The predicted octanol–water partition coefficient (Wildman–Crippen LogP) is 2.74. The number of benzene rings is 2. The molecule has 0 saturated heterocycles. The highest BCUT2D eigenvalue weighted by Crippen LogP contribution is 2.42. The summed E-state index contributed by atoms with van der Waals surface area (Å²) < 4.78 is 2.40. The van der Waals surface area contributed by atoms with E-state index in [-0.39, 0.29) is 17.2 Å². The first kappa shape index (κ1) is 20.1. The average Bonchev–Trinajstić information content (AvgIpc) is 3.47. The molecule has 162 valence electrons. The first-order valence-corrected chi connectivity index (χ1v) is 12.3. The third-order valence-electron chi connectivity index (χ3n) is 6.13. The number of hydrogen-bond acceptors (Lipinski definition) is 6. The van der Waals surface area contributed by atoms with E-state index in [9.17, 15) is 14.7 Å². The fraction of sp³-hybridized carbons (Fsp3) is 0.115. The maximum atomic E-state index is 13.6. The zero-order chi connectivity index (χ0) is 22.5. The highest BCUT2D eigenvalue weighted by Gasteiger charge is 2.32. The summed E-state index contributed by atoms with van der Waals surface area (Å²) in [5.41, 5.74) is 5.40. The van der Waals surface area contributed by atoms with Crippen LogP contribution in [0, 0.1) is 0 Å². The third-order valence-corrected chi connectivity index (χ3v) is 8.04. The second-order valence-corrected chi connectivity index (χ2v) is 10.0. The van der Waals surface area contributed by atoms with Crippen molar-refractivity contribution in [2.24, 2.45) is 4.99 Å². The molecular formula is C26H17N2O3S2-. The molecule has 0 fully saturated rings. The van der Waals surface area contributed by atoms with Gasteiger partial charge < -0.3 is 9.90 Å². The number of aromatic nitrogens is 1. The Bertz CT molecular complexity index is 1610. The molecule has 0 N–H and O–H groups in total. The molecular weight excluding hydrogens is 452 g/mol. The van der Waals surface area contributed by atoms with Gasteiger partial charge in [-0.2, -0.15) is 0 Å². The van der Waals surface area contributed by atoms with E-state index in [0.717, 1.165) is 34.5 Å². The zero-order valence-electron chi connectivity index (χ0n) is 17.4. The van der Waals surface area contributed by atoms with Gasteiger partial charge in [0.2, 0.25) is 0 Å².